The maximum Gasteiger partial charge on any atom is 0.0781 e. The number of benzene rings is 2. The van der Waals surface area contributed by atoms with Gasteiger partial charge in [-0.1, -0.05) is 9.70 Å². The number of hydrogen-bond donors (Lipinski definition) is 2. The van der Waals surface area contributed by atoms with Crippen LogP contribution in [0.2, 0.25) is 0 Å². The molecule has 2 aromatic rings. The number of halogens is 1. The van der Waals surface area contributed by atoms with Gasteiger partial charge >= 0.3 is 0 Å². The average Bonchev–Trinajstić information content (AvgIpc) is 2.40. The van der Waals surface area contributed by atoms with E-state index >= 15 is 0 Å². The summed E-state index contributed by atoms with van der Waals surface area (Å²) < 4.78 is 1.04. The molecule has 0 spiro atoms. The van der Waals surface area contributed by atoms with Gasteiger partial charge in [0.2, 0.25) is 0 Å². The van der Waals surface area contributed by atoms with Gasteiger partial charge in [-0.15, -0.1) is 0 Å². The van der Waals surface area contributed by atoms with E-state index in [1.54, 1.807) is 0 Å². The van der Waals surface area contributed by atoms with Crippen molar-refractivity contribution in [1.29, 1.82) is 0 Å². The Morgan fingerprint density at radius 2 is 2.06 bits per heavy atom. The van der Waals surface area contributed by atoms with Gasteiger partial charge in [-0.05, 0) is 47.1 Å². The minimum atomic E-state index is -0.504. The normalized spacial score (nSPS) is 16.4. The number of anilines is 2. The molecule has 0 aromatic heterocycles. The van der Waals surface area contributed by atoms with Crippen LogP contribution < -0.4 is 16.4 Å². The predicted octanol–water partition coefficient (Wildman–Crippen LogP) is 3.31. The quantitative estimate of drug-likeness (QED) is 0.621. The van der Waals surface area contributed by atoms with E-state index in [9.17, 15) is 0 Å². The van der Waals surface area contributed by atoms with Gasteiger partial charge < -0.3 is 11.1 Å². The number of nitrogens with one attached hydrogen (secondary N) is 1. The zero-order valence-electron chi connectivity index (χ0n) is 9.77. The Kier molecular flexibility index (Phi) is 2.76. The van der Waals surface area contributed by atoms with E-state index < -0.39 is 9.70 Å². The largest absolute Gasteiger partial charge is 0.399 e. The number of nitrogens with zero attached hydrogens (tertiary/aromatic N) is 1. The number of hydrogen-bond acceptors (Lipinski definition) is 3. The Balaban J connectivity index is 2.37. The molecule has 1 aliphatic rings. The van der Waals surface area contributed by atoms with Gasteiger partial charge in [0.05, 0.1) is 11.0 Å². The Morgan fingerprint density at radius 3 is 2.83 bits per heavy atom. The molecule has 92 valence electrons. The lowest BCUT2D eigenvalue weighted by Gasteiger charge is -2.12. The second-order valence-corrected chi connectivity index (χ2v) is 6.35. The van der Waals surface area contributed by atoms with Gasteiger partial charge in [-0.2, -0.15) is 0 Å². The first-order valence-corrected chi connectivity index (χ1v) is 7.58. The third-order valence-electron chi connectivity index (χ3n) is 2.86. The molecule has 0 aliphatic carbocycles. The van der Waals surface area contributed by atoms with Crippen molar-refractivity contribution in [3.8, 4) is 0 Å². The summed E-state index contributed by atoms with van der Waals surface area (Å²) >= 11 is 0. The zero-order valence-corrected chi connectivity index (χ0v) is 11.3. The Morgan fingerprint density at radius 1 is 1.22 bits per heavy atom. The van der Waals surface area contributed by atoms with Crippen LogP contribution in [0.4, 0.5) is 17.1 Å². The van der Waals surface area contributed by atoms with Crippen LogP contribution in [0.1, 0.15) is 0 Å². The first-order chi connectivity index (χ1) is 8.69. The molecule has 0 saturated heterocycles. The maximum absolute atomic E-state index is 6.56. The second kappa shape index (κ2) is 4.30. The zero-order chi connectivity index (χ0) is 12.7. The van der Waals surface area contributed by atoms with Crippen molar-refractivity contribution in [1.82, 2.24) is 0 Å². The van der Waals surface area contributed by atoms with Crippen LogP contribution in [0.5, 0.6) is 0 Å². The smallest absolute Gasteiger partial charge is 0.0781 e. The van der Waals surface area contributed by atoms with E-state index in [0.29, 0.717) is 0 Å². The third-order valence-corrected chi connectivity index (χ3v) is 5.28. The van der Waals surface area contributed by atoms with E-state index in [1.807, 2.05) is 43.4 Å². The molecule has 3 rings (SSSR count). The van der Waals surface area contributed by atoms with Crippen LogP contribution >= 0.6 is 20.4 Å². The molecule has 3 nitrogen and oxygen atoms in total. The number of nitrogen functional groups attached to an aromatic ring is 1. The molecule has 3 N–H and O–H groups in total. The Bertz CT molecular complexity index is 755. The summed E-state index contributed by atoms with van der Waals surface area (Å²) in [5.41, 5.74) is 8.48. The topological polar surface area (TPSA) is 50.4 Å². The van der Waals surface area contributed by atoms with Crippen LogP contribution in [-0.2, 0) is 0 Å². The molecule has 18 heavy (non-hydrogen) atoms. The molecule has 1 aliphatic heterocycles. The second-order valence-electron chi connectivity index (χ2n) is 4.03. The lowest BCUT2D eigenvalue weighted by Crippen LogP contribution is -2.06. The maximum atomic E-state index is 6.56. The monoisotopic (exact) mass is 277 g/mol. The molecule has 5 heteroatoms. The Labute approximate surface area is 112 Å². The lowest BCUT2D eigenvalue weighted by atomic mass is 10.2. The molecule has 1 atom stereocenters. The molecular weight excluding hydrogens is 266 g/mol. The van der Waals surface area contributed by atoms with Crippen molar-refractivity contribution in [2.24, 2.45) is 4.99 Å². The fourth-order valence-electron chi connectivity index (χ4n) is 1.92. The first kappa shape index (κ1) is 11.6. The molecule has 1 unspecified atom stereocenters. The highest BCUT2D eigenvalue weighted by Crippen LogP contribution is 2.43. The summed E-state index contributed by atoms with van der Waals surface area (Å²) in [5, 5.41) is 4.05. The summed E-state index contributed by atoms with van der Waals surface area (Å²) in [6.07, 6.45) is 0. The van der Waals surface area contributed by atoms with Crippen molar-refractivity contribution in [3.63, 3.8) is 0 Å². The van der Waals surface area contributed by atoms with Gasteiger partial charge in [0.1, 0.15) is 0 Å². The van der Waals surface area contributed by atoms with Crippen LogP contribution in [0.3, 0.4) is 0 Å². The van der Waals surface area contributed by atoms with Crippen molar-refractivity contribution < 1.29 is 0 Å². The number of nitrogens with two attached hydrogens (primary N) is 1. The van der Waals surface area contributed by atoms with E-state index in [-0.39, 0.29) is 0 Å². The Hall–Kier alpha value is -1.52. The van der Waals surface area contributed by atoms with Crippen molar-refractivity contribution in [2.75, 3.05) is 18.1 Å². The number of rotatable bonds is 1. The number of fused-ring (bicyclic) bond motifs is 2. The van der Waals surface area contributed by atoms with Gasteiger partial charge in [0, 0.05) is 27.8 Å². The highest BCUT2D eigenvalue weighted by Gasteiger charge is 2.11. The third kappa shape index (κ3) is 1.78. The van der Waals surface area contributed by atoms with Crippen LogP contribution in [-0.4, -0.2) is 7.05 Å². The molecule has 0 radical (unpaired) electrons. The molecule has 0 fully saturated rings. The van der Waals surface area contributed by atoms with Gasteiger partial charge in [0.15, 0.2) is 0 Å². The van der Waals surface area contributed by atoms with E-state index in [0.717, 1.165) is 31.8 Å². The molecule has 1 heterocycles. The molecule has 0 amide bonds. The van der Waals surface area contributed by atoms with Crippen molar-refractivity contribution >= 4 is 37.4 Å². The average molecular weight is 278 g/mol. The lowest BCUT2D eigenvalue weighted by molar-refractivity contribution is 1.25. The van der Waals surface area contributed by atoms with Crippen molar-refractivity contribution in [3.05, 3.63) is 46.3 Å². The fourth-order valence-corrected chi connectivity index (χ4v) is 3.96. The summed E-state index contributed by atoms with van der Waals surface area (Å²) in [6, 6.07) is 11.7. The fraction of sp³-hybridized carbons (Fsp3) is 0.0769. The first-order valence-electron chi connectivity index (χ1n) is 5.52. The highest BCUT2D eigenvalue weighted by molar-refractivity contribution is 8.29. The highest BCUT2D eigenvalue weighted by atomic mass is 35.7. The molecular formula is C13H12ClN3S. The SMILES string of the molecule is CNc1ccc2c(c1)=S(Cl)c1cc(N)ccc1N=2. The molecule has 0 saturated carbocycles. The van der Waals surface area contributed by atoms with Gasteiger partial charge in [0.25, 0.3) is 0 Å². The minimum absolute atomic E-state index is 0.504. The summed E-state index contributed by atoms with van der Waals surface area (Å²) in [5.74, 6) is 0. The van der Waals surface area contributed by atoms with Gasteiger partial charge in [-0.25, -0.2) is 4.99 Å². The van der Waals surface area contributed by atoms with Crippen molar-refractivity contribution in [2.45, 2.75) is 4.90 Å². The van der Waals surface area contributed by atoms with E-state index in [1.165, 1.54) is 0 Å². The summed E-state index contributed by atoms with van der Waals surface area (Å²) in [4.78, 5) is 5.61. The minimum Gasteiger partial charge on any atom is -0.399 e. The summed E-state index contributed by atoms with van der Waals surface area (Å²) in [7, 11) is 7.95. The van der Waals surface area contributed by atoms with E-state index in [4.69, 9.17) is 16.4 Å². The standard InChI is InChI=1S/C13H12ClN3S/c1-16-9-3-5-11-13(7-9)18(14)12-6-8(15)2-4-10(12)17-11/h2-7,16H,15H2,1H3. The van der Waals surface area contributed by atoms with Crippen LogP contribution in [0, 0.1) is 4.51 Å². The molecule has 0 bridgehead atoms. The molecule has 2 aromatic carbocycles. The predicted molar refractivity (Wildman–Crippen MR) is 78.2 cm³/mol. The van der Waals surface area contributed by atoms with Gasteiger partial charge in [-0.3, -0.25) is 0 Å². The summed E-state index contributed by atoms with van der Waals surface area (Å²) in [6.45, 7) is 0. The van der Waals surface area contributed by atoms with Crippen LogP contribution in [0.25, 0.3) is 0 Å². The van der Waals surface area contributed by atoms with E-state index in [2.05, 4.69) is 10.3 Å². The van der Waals surface area contributed by atoms with Crippen LogP contribution in [0.15, 0.2) is 46.3 Å².